The molecule has 0 bridgehead atoms. The average Bonchev–Trinajstić information content (AvgIpc) is 2.50. The van der Waals surface area contributed by atoms with Crippen molar-refractivity contribution in [1.29, 1.82) is 0 Å². The van der Waals surface area contributed by atoms with Crippen LogP contribution in [-0.4, -0.2) is 22.2 Å². The van der Waals surface area contributed by atoms with Gasteiger partial charge in [-0.1, -0.05) is 17.0 Å². The Morgan fingerprint density at radius 2 is 2.45 bits per heavy atom. The summed E-state index contributed by atoms with van der Waals surface area (Å²) in [7, 11) is -0.159. The smallest absolute Gasteiger partial charge is 0.130 e. The van der Waals surface area contributed by atoms with Crippen LogP contribution in [-0.2, 0) is 0 Å². The van der Waals surface area contributed by atoms with E-state index < -0.39 is 0 Å². The van der Waals surface area contributed by atoms with Crippen LogP contribution in [0.2, 0.25) is 0 Å². The van der Waals surface area contributed by atoms with Crippen molar-refractivity contribution in [2.45, 2.75) is 0 Å². The fraction of sp³-hybridized carbons (Fsp3) is 0.143. The van der Waals surface area contributed by atoms with Gasteiger partial charge < -0.3 is 4.84 Å². The predicted octanol–water partition coefficient (Wildman–Crippen LogP) is 0.490. The van der Waals surface area contributed by atoms with Gasteiger partial charge in [-0.3, -0.25) is 0 Å². The number of aromatic nitrogens is 3. The Bertz CT molecular complexity index is 387. The summed E-state index contributed by atoms with van der Waals surface area (Å²) in [6.45, 7) is 0. The van der Waals surface area contributed by atoms with Gasteiger partial charge in [-0.2, -0.15) is 0 Å². The highest BCUT2D eigenvalue weighted by atomic mass is 16.7. The summed E-state index contributed by atoms with van der Waals surface area (Å²) in [6.07, 6.45) is 0. The molecule has 0 aliphatic rings. The van der Waals surface area contributed by atoms with Crippen LogP contribution in [0.25, 0.3) is 11.0 Å². The summed E-state index contributed by atoms with van der Waals surface area (Å²) >= 11 is 0. The summed E-state index contributed by atoms with van der Waals surface area (Å²) in [4.78, 5) is 6.12. The lowest BCUT2D eigenvalue weighted by atomic mass is 10.3. The summed E-state index contributed by atoms with van der Waals surface area (Å²) in [5.74, 6) is 0. The molecule has 0 saturated heterocycles. The molecule has 0 N–H and O–H groups in total. The molecule has 0 spiro atoms. The summed E-state index contributed by atoms with van der Waals surface area (Å²) in [5.41, 5.74) is 1.55. The first-order valence-electron chi connectivity index (χ1n) is 3.85. The second-order valence-electron chi connectivity index (χ2n) is 2.08. The van der Waals surface area contributed by atoms with Crippen molar-refractivity contribution >= 4 is 11.0 Å². The van der Waals surface area contributed by atoms with Crippen LogP contribution in [0.5, 0.6) is 0 Å². The zero-order valence-electron chi connectivity index (χ0n) is 6.77. The lowest BCUT2D eigenvalue weighted by molar-refractivity contribution is 0.139. The van der Waals surface area contributed by atoms with Gasteiger partial charge in [-0.05, 0) is 17.3 Å². The van der Waals surface area contributed by atoms with Crippen LogP contribution in [0, 0.1) is 0 Å². The van der Waals surface area contributed by atoms with Gasteiger partial charge >= 0.3 is 0 Å². The summed E-state index contributed by atoms with van der Waals surface area (Å²) in [6, 6.07) is 7.43. The number of hydrogen-bond acceptors (Lipinski definition) is 3. The second-order valence-corrected chi connectivity index (χ2v) is 2.08. The molecule has 2 aromatic rings. The van der Waals surface area contributed by atoms with E-state index in [1.165, 1.54) is 4.85 Å². The molecule has 1 aromatic carbocycles. The first kappa shape index (κ1) is 5.12. The Morgan fingerprint density at radius 3 is 3.36 bits per heavy atom. The Balaban J connectivity index is 2.55. The topological polar surface area (TPSA) is 39.9 Å². The fourth-order valence-corrected chi connectivity index (χ4v) is 0.943. The molecule has 1 heterocycles. The van der Waals surface area contributed by atoms with E-state index in [4.69, 9.17) is 6.21 Å². The number of benzene rings is 1. The summed E-state index contributed by atoms with van der Waals surface area (Å²) in [5, 5.41) is 7.55. The number of fused-ring (bicyclic) bond motifs is 1. The highest BCUT2D eigenvalue weighted by molar-refractivity contribution is 5.73. The minimum atomic E-state index is -0.159. The molecule has 1 aromatic heterocycles. The van der Waals surface area contributed by atoms with Crippen molar-refractivity contribution in [3.8, 4) is 0 Å². The Labute approximate surface area is 64.7 Å². The van der Waals surface area contributed by atoms with Gasteiger partial charge in [0.05, 0.1) is 1.37 Å². The molecule has 0 unspecified atom stereocenters. The van der Waals surface area contributed by atoms with Gasteiger partial charge in [0, 0.05) is 0 Å². The molecule has 0 radical (unpaired) electrons. The molecule has 4 heteroatoms. The van der Waals surface area contributed by atoms with E-state index in [-0.39, 0.29) is 7.09 Å². The molecule has 0 saturated carbocycles. The van der Waals surface area contributed by atoms with Crippen molar-refractivity contribution in [1.82, 2.24) is 15.2 Å². The van der Waals surface area contributed by atoms with Crippen LogP contribution in [0.4, 0.5) is 0 Å². The van der Waals surface area contributed by atoms with Gasteiger partial charge in [0.15, 0.2) is 0 Å². The van der Waals surface area contributed by atoms with E-state index in [1.54, 1.807) is 0 Å². The zero-order valence-corrected chi connectivity index (χ0v) is 5.77. The Morgan fingerprint density at radius 1 is 1.55 bits per heavy atom. The van der Waals surface area contributed by atoms with E-state index in [9.17, 15) is 0 Å². The third-order valence-electron chi connectivity index (χ3n) is 1.44. The van der Waals surface area contributed by atoms with Crippen LogP contribution in [0.3, 0.4) is 0 Å². The van der Waals surface area contributed by atoms with Crippen molar-refractivity contribution < 1.29 is 6.21 Å². The third-order valence-corrected chi connectivity index (χ3v) is 1.44. The molecule has 56 valence electrons. The van der Waals surface area contributed by atoms with Gasteiger partial charge in [-0.15, -0.1) is 5.10 Å². The maximum Gasteiger partial charge on any atom is 0.130 e. The number of rotatable bonds is 1. The SMILES string of the molecule is [2H]COn1nnc2ccccc21. The molecular weight excluding hydrogens is 142 g/mol. The lowest BCUT2D eigenvalue weighted by Crippen LogP contribution is -2.06. The van der Waals surface area contributed by atoms with E-state index in [0.29, 0.717) is 0 Å². The van der Waals surface area contributed by atoms with Crippen LogP contribution in [0.15, 0.2) is 24.3 Å². The molecule has 0 fully saturated rings. The van der Waals surface area contributed by atoms with Gasteiger partial charge in [0.1, 0.15) is 18.1 Å². The van der Waals surface area contributed by atoms with E-state index >= 15 is 0 Å². The maximum absolute atomic E-state index is 6.84. The molecule has 0 aliphatic carbocycles. The average molecular weight is 150 g/mol. The molecule has 0 aliphatic heterocycles. The number of para-hydroxylation sites is 1. The van der Waals surface area contributed by atoms with Crippen LogP contribution < -0.4 is 4.84 Å². The molecule has 4 nitrogen and oxygen atoms in total. The fourth-order valence-electron chi connectivity index (χ4n) is 0.943. The van der Waals surface area contributed by atoms with Crippen molar-refractivity contribution in [2.75, 3.05) is 7.09 Å². The standard InChI is InChI=1S/C7H7N3O/c1-11-10-7-5-3-2-4-6(7)8-9-10/h2-5H,1H3/i1D. The Hall–Kier alpha value is -1.58. The van der Waals surface area contributed by atoms with Crippen molar-refractivity contribution in [3.05, 3.63) is 24.3 Å². The first-order valence-corrected chi connectivity index (χ1v) is 3.15. The largest absolute Gasteiger partial charge is 0.398 e. The van der Waals surface area contributed by atoms with E-state index in [2.05, 4.69) is 10.3 Å². The first-order chi connectivity index (χ1) is 5.92. The minimum absolute atomic E-state index is 0.159. The van der Waals surface area contributed by atoms with Gasteiger partial charge in [0.25, 0.3) is 0 Å². The zero-order chi connectivity index (χ0) is 8.39. The maximum atomic E-state index is 6.84. The third kappa shape index (κ3) is 0.832. The minimum Gasteiger partial charge on any atom is -0.398 e. The van der Waals surface area contributed by atoms with Gasteiger partial charge in [0.2, 0.25) is 0 Å². The highest BCUT2D eigenvalue weighted by Gasteiger charge is 2.00. The highest BCUT2D eigenvalue weighted by Crippen LogP contribution is 2.07. The van der Waals surface area contributed by atoms with E-state index in [0.717, 1.165) is 11.0 Å². The quantitative estimate of drug-likeness (QED) is 0.594. The van der Waals surface area contributed by atoms with Crippen molar-refractivity contribution in [3.63, 3.8) is 0 Å². The number of nitrogens with zero attached hydrogens (tertiary/aromatic N) is 3. The summed E-state index contributed by atoms with van der Waals surface area (Å²) < 4.78 is 6.84. The monoisotopic (exact) mass is 150 g/mol. The molecule has 0 amide bonds. The van der Waals surface area contributed by atoms with Crippen LogP contribution in [0.1, 0.15) is 1.37 Å². The van der Waals surface area contributed by atoms with Crippen LogP contribution >= 0.6 is 0 Å². The molecule has 0 atom stereocenters. The second kappa shape index (κ2) is 2.23. The molecule has 2 rings (SSSR count). The predicted molar refractivity (Wildman–Crippen MR) is 40.0 cm³/mol. The molecule has 11 heavy (non-hydrogen) atoms. The molecular formula is C7H7N3O. The normalized spacial score (nSPS) is 11.5. The lowest BCUT2D eigenvalue weighted by Gasteiger charge is -1.95. The van der Waals surface area contributed by atoms with Crippen molar-refractivity contribution in [2.24, 2.45) is 0 Å². The van der Waals surface area contributed by atoms with Gasteiger partial charge in [-0.25, -0.2) is 0 Å². The Kier molecular flexibility index (Phi) is 1.04. The van der Waals surface area contributed by atoms with E-state index in [1.807, 2.05) is 24.3 Å². The number of hydrogen-bond donors (Lipinski definition) is 0.